The molecule has 4 aliphatic rings. The van der Waals surface area contributed by atoms with Crippen LogP contribution in [-0.4, -0.2) is 87.0 Å². The quantitative estimate of drug-likeness (QED) is 0.123. The summed E-state index contributed by atoms with van der Waals surface area (Å²) >= 11 is 0.371. The van der Waals surface area contributed by atoms with Crippen molar-refractivity contribution in [1.82, 2.24) is 5.32 Å². The third kappa shape index (κ3) is 7.48. The van der Waals surface area contributed by atoms with E-state index in [1.54, 1.807) is 33.1 Å². The Hall–Kier alpha value is -3.69. The van der Waals surface area contributed by atoms with Crippen molar-refractivity contribution in [2.45, 2.75) is 89.1 Å². The fourth-order valence-electron chi connectivity index (χ4n) is 9.69. The number of aliphatic hydroxyl groups is 3. The fourth-order valence-corrected chi connectivity index (χ4v) is 10.4. The van der Waals surface area contributed by atoms with Gasteiger partial charge in [-0.05, 0) is 104 Å². The number of carbonyl (C=O) groups is 3. The number of thioether (sulfide) groups is 1. The fraction of sp³-hybridized carbons (Fsp3) is 0.537. The van der Waals surface area contributed by atoms with Crippen LogP contribution in [0.1, 0.15) is 64.2 Å². The van der Waals surface area contributed by atoms with E-state index in [1.165, 1.54) is 30.7 Å². The highest BCUT2D eigenvalue weighted by molar-refractivity contribution is 8.13. The summed E-state index contributed by atoms with van der Waals surface area (Å²) < 4.78 is 50.2. The molecule has 10 nitrogen and oxygen atoms in total. The number of carbonyl (C=O) groups excluding carboxylic acids is 3. The van der Waals surface area contributed by atoms with E-state index in [-0.39, 0.29) is 42.3 Å². The lowest BCUT2D eigenvalue weighted by Crippen LogP contribution is -2.70. The summed E-state index contributed by atoms with van der Waals surface area (Å²) in [6, 6.07) is 11.7. The standard InChI is InChI=1S/C22H27F3O4S.C19H24N2O4/c1-11-6-13-14-8-16(24)15-7-12(26)4-5-19(15,2)21(14,25)17(27)9-20(13,3)22(11,29)18(28)30-10-23;1-13(9-14-3-6-16(25-2)7-4-14)20-11-19(24)15-5-8-18(23)17(10-15)21-12-22/h4-5,7,11,13-14,16-17,27,29H,6,8-10H2,1-3H3;3-8,10,12-13,19-20,23-24H,9,11H2,1-2H3,(H,21,22)/t11-,13+,14+,16+,17+,19+,20+,21+,22+;/m1./s1. The highest BCUT2D eigenvalue weighted by atomic mass is 32.2. The van der Waals surface area contributed by atoms with E-state index in [2.05, 4.69) is 10.6 Å². The molecule has 3 fully saturated rings. The summed E-state index contributed by atoms with van der Waals surface area (Å²) in [6.07, 6.45) is 0.872. The first-order valence-corrected chi connectivity index (χ1v) is 19.4. The maximum Gasteiger partial charge on any atom is 0.223 e. The van der Waals surface area contributed by atoms with E-state index >= 15 is 8.78 Å². The van der Waals surface area contributed by atoms with Gasteiger partial charge in [-0.15, -0.1) is 0 Å². The molecule has 0 aromatic heterocycles. The van der Waals surface area contributed by atoms with Gasteiger partial charge in [0.1, 0.15) is 29.3 Å². The van der Waals surface area contributed by atoms with Gasteiger partial charge in [-0.3, -0.25) is 14.4 Å². The second kappa shape index (κ2) is 16.4. The van der Waals surface area contributed by atoms with Crippen molar-refractivity contribution in [2.75, 3.05) is 25.0 Å². The number of aliphatic hydroxyl groups excluding tert-OH is 2. The van der Waals surface area contributed by atoms with Crippen molar-refractivity contribution in [3.8, 4) is 11.5 Å². The summed E-state index contributed by atoms with van der Waals surface area (Å²) in [5.74, 6) is -1.78. The zero-order valence-corrected chi connectivity index (χ0v) is 32.4. The smallest absolute Gasteiger partial charge is 0.223 e. The minimum Gasteiger partial charge on any atom is -0.506 e. The van der Waals surface area contributed by atoms with Crippen LogP contribution in [0, 0.1) is 28.6 Å². The predicted octanol–water partition coefficient (Wildman–Crippen LogP) is 5.69. The molecule has 1 amide bonds. The van der Waals surface area contributed by atoms with Crippen LogP contribution in [0.15, 0.2) is 66.3 Å². The van der Waals surface area contributed by atoms with Crippen LogP contribution in [0.4, 0.5) is 18.9 Å². The second-order valence-corrected chi connectivity index (χ2v) is 16.6. The summed E-state index contributed by atoms with van der Waals surface area (Å²) in [4.78, 5) is 35.1. The lowest BCUT2D eigenvalue weighted by Gasteiger charge is -2.63. The topological polar surface area (TPSA) is 165 Å². The van der Waals surface area contributed by atoms with Crippen molar-refractivity contribution in [1.29, 1.82) is 0 Å². The van der Waals surface area contributed by atoms with Gasteiger partial charge in [-0.25, -0.2) is 13.2 Å². The Morgan fingerprint density at radius 1 is 1.15 bits per heavy atom. The number of methoxy groups -OCH3 is 1. The summed E-state index contributed by atoms with van der Waals surface area (Å²) in [7, 11) is 1.64. The molecule has 6 N–H and O–H groups in total. The summed E-state index contributed by atoms with van der Waals surface area (Å²) in [5, 5.41) is 47.5. The maximum absolute atomic E-state index is 16.9. The Bertz CT molecular complexity index is 1810. The number of alkyl halides is 3. The monoisotopic (exact) mass is 788 g/mol. The minimum atomic E-state index is -2.26. The number of hydrogen-bond donors (Lipinski definition) is 6. The third-order valence-corrected chi connectivity index (χ3v) is 13.4. The molecule has 0 aliphatic heterocycles. The maximum atomic E-state index is 16.9. The van der Waals surface area contributed by atoms with Gasteiger partial charge >= 0.3 is 0 Å². The number of ether oxygens (including phenoxy) is 1. The van der Waals surface area contributed by atoms with Gasteiger partial charge in [0.05, 0.1) is 25.0 Å². The number of fused-ring (bicyclic) bond motifs is 5. The Labute approximate surface area is 323 Å². The molecule has 2 aromatic rings. The molecule has 4 aliphatic carbocycles. The molecular formula is C41H51F3N2O8S. The lowest BCUT2D eigenvalue weighted by atomic mass is 9.44. The number of allylic oxidation sites excluding steroid dienone is 4. The average Bonchev–Trinajstić information content (AvgIpc) is 3.35. The van der Waals surface area contributed by atoms with E-state index in [0.717, 1.165) is 18.2 Å². The number of ketones is 1. The van der Waals surface area contributed by atoms with Gasteiger partial charge in [0.2, 0.25) is 11.5 Å². The molecule has 0 spiro atoms. The van der Waals surface area contributed by atoms with Crippen molar-refractivity contribution >= 4 is 34.8 Å². The van der Waals surface area contributed by atoms with Crippen LogP contribution in [0.2, 0.25) is 0 Å². The number of phenols is 1. The normalized spacial score (nSPS) is 34.5. The number of rotatable bonds is 11. The van der Waals surface area contributed by atoms with Gasteiger partial charge in [-0.2, -0.15) is 0 Å². The van der Waals surface area contributed by atoms with E-state index in [1.807, 2.05) is 31.2 Å². The zero-order chi connectivity index (χ0) is 40.5. The van der Waals surface area contributed by atoms with E-state index in [9.17, 15) is 39.2 Å². The Morgan fingerprint density at radius 2 is 1.84 bits per heavy atom. The molecule has 0 heterocycles. The van der Waals surface area contributed by atoms with Crippen LogP contribution in [0.3, 0.4) is 0 Å². The first-order chi connectivity index (χ1) is 25.9. The number of anilines is 1. The third-order valence-electron chi connectivity index (χ3n) is 12.7. The van der Waals surface area contributed by atoms with Crippen LogP contribution in [0.25, 0.3) is 0 Å². The molecule has 2 unspecified atom stereocenters. The molecule has 14 heteroatoms. The van der Waals surface area contributed by atoms with Crippen molar-refractivity contribution < 1.29 is 52.7 Å². The van der Waals surface area contributed by atoms with E-state index in [4.69, 9.17) is 4.74 Å². The molecule has 0 bridgehead atoms. The predicted molar refractivity (Wildman–Crippen MR) is 204 cm³/mol. The van der Waals surface area contributed by atoms with Gasteiger partial charge in [0.25, 0.3) is 0 Å². The Morgan fingerprint density at radius 3 is 2.47 bits per heavy atom. The van der Waals surface area contributed by atoms with E-state index < -0.39 is 75.1 Å². The number of aromatic hydroxyl groups is 1. The summed E-state index contributed by atoms with van der Waals surface area (Å²) in [6.45, 7) is 7.20. The zero-order valence-electron chi connectivity index (χ0n) is 31.6. The largest absolute Gasteiger partial charge is 0.506 e. The molecular weight excluding hydrogens is 738 g/mol. The Kier molecular flexibility index (Phi) is 12.7. The van der Waals surface area contributed by atoms with Crippen LogP contribution >= 0.6 is 11.8 Å². The molecule has 11 atom stereocenters. The first-order valence-electron chi connectivity index (χ1n) is 18.4. The Balaban J connectivity index is 0.000000215. The molecule has 0 radical (unpaired) electrons. The van der Waals surface area contributed by atoms with Crippen molar-refractivity contribution in [2.24, 2.45) is 28.6 Å². The van der Waals surface area contributed by atoms with Gasteiger partial charge < -0.3 is 35.8 Å². The highest BCUT2D eigenvalue weighted by Gasteiger charge is 2.76. The minimum absolute atomic E-state index is 0.0294. The number of benzene rings is 2. The first kappa shape index (κ1) is 42.5. The molecule has 0 saturated heterocycles. The van der Waals surface area contributed by atoms with Crippen LogP contribution < -0.4 is 15.4 Å². The molecule has 300 valence electrons. The SMILES string of the molecule is COc1ccc(CC(C)NCC(O)c2ccc(O)c(NC=O)c2)cc1.C[C@@H]1C[C@H]2[C@@H]3C[C@H](F)C4=CC(=O)C=C[C@]4(C)[C@@]3(F)[C@@H](O)C[C@]2(C)[C@@]1(O)C(=O)SCF. The molecule has 2 aromatic carbocycles. The number of nitrogens with one attached hydrogen (secondary N) is 2. The lowest BCUT2D eigenvalue weighted by molar-refractivity contribution is -0.221. The molecule has 3 saturated carbocycles. The second-order valence-electron chi connectivity index (χ2n) is 15.7. The van der Waals surface area contributed by atoms with Gasteiger partial charge in [-0.1, -0.05) is 49.9 Å². The van der Waals surface area contributed by atoms with Gasteiger partial charge in [0, 0.05) is 29.3 Å². The van der Waals surface area contributed by atoms with E-state index in [0.29, 0.717) is 30.3 Å². The summed E-state index contributed by atoms with van der Waals surface area (Å²) in [5.41, 5.74) is -4.84. The van der Waals surface area contributed by atoms with Gasteiger partial charge in [0.15, 0.2) is 11.5 Å². The number of halogens is 3. The molecule has 55 heavy (non-hydrogen) atoms. The van der Waals surface area contributed by atoms with Crippen molar-refractivity contribution in [3.05, 3.63) is 77.4 Å². The number of hydrogen-bond acceptors (Lipinski definition) is 10. The molecule has 6 rings (SSSR count). The van der Waals surface area contributed by atoms with Crippen molar-refractivity contribution in [3.63, 3.8) is 0 Å². The number of amides is 1. The van der Waals surface area contributed by atoms with Crippen LogP contribution in [0.5, 0.6) is 11.5 Å². The van der Waals surface area contributed by atoms with Crippen LogP contribution in [-0.2, 0) is 20.8 Å². The average molecular weight is 789 g/mol. The number of phenolic OH excluding ortho intramolecular Hbond substituents is 1. The highest BCUT2D eigenvalue weighted by Crippen LogP contribution is 2.71.